The molecule has 1 aliphatic heterocycles. The van der Waals surface area contributed by atoms with Crippen molar-refractivity contribution in [1.82, 2.24) is 10.2 Å². The topological polar surface area (TPSA) is 32.3 Å². The minimum atomic E-state index is 0. The number of carbonyl (C=O) groups is 1. The summed E-state index contributed by atoms with van der Waals surface area (Å²) in [5.41, 5.74) is 0.986. The molecule has 0 spiro atoms. The summed E-state index contributed by atoms with van der Waals surface area (Å²) in [6.45, 7) is 2.64. The second-order valence-corrected chi connectivity index (χ2v) is 8.01. The second kappa shape index (κ2) is 9.24. The third-order valence-corrected chi connectivity index (χ3v) is 6.18. The molecule has 136 valence electrons. The number of piperidine rings is 1. The molecule has 0 radical (unpaired) electrons. The average molecular weight is 420 g/mol. The van der Waals surface area contributed by atoms with E-state index >= 15 is 0 Å². The van der Waals surface area contributed by atoms with Gasteiger partial charge in [-0.15, -0.1) is 23.7 Å². The van der Waals surface area contributed by atoms with Crippen molar-refractivity contribution < 1.29 is 4.79 Å². The van der Waals surface area contributed by atoms with Crippen molar-refractivity contribution in [3.8, 4) is 10.4 Å². The molecule has 3 nitrogen and oxygen atoms in total. The second-order valence-electron chi connectivity index (χ2n) is 6.11. The maximum absolute atomic E-state index is 12.8. The summed E-state index contributed by atoms with van der Waals surface area (Å²) >= 11 is 13.6. The van der Waals surface area contributed by atoms with Gasteiger partial charge in [0, 0.05) is 18.0 Å². The lowest BCUT2D eigenvalue weighted by Gasteiger charge is -2.32. The molecule has 2 heterocycles. The first-order chi connectivity index (χ1) is 11.6. The molecular weight excluding hydrogens is 399 g/mol. The molecule has 0 bridgehead atoms. The molecular formula is C18H21Cl3N2OS. The number of likely N-dealkylation sites (tertiary alicyclic amines) is 1. The van der Waals surface area contributed by atoms with Crippen LogP contribution in [-0.4, -0.2) is 37.5 Å². The summed E-state index contributed by atoms with van der Waals surface area (Å²) in [6.07, 6.45) is 2.26. The van der Waals surface area contributed by atoms with E-state index in [9.17, 15) is 4.79 Å². The van der Waals surface area contributed by atoms with E-state index < -0.39 is 0 Å². The monoisotopic (exact) mass is 418 g/mol. The molecule has 7 heteroatoms. The highest BCUT2D eigenvalue weighted by Crippen LogP contribution is 2.33. The van der Waals surface area contributed by atoms with Gasteiger partial charge in [0.1, 0.15) is 0 Å². The molecule has 1 aromatic heterocycles. The minimum Gasteiger partial charge on any atom is -0.338 e. The van der Waals surface area contributed by atoms with Gasteiger partial charge in [0.05, 0.1) is 14.9 Å². The number of nitrogens with one attached hydrogen (secondary N) is 1. The predicted molar refractivity (Wildman–Crippen MR) is 110 cm³/mol. The zero-order valence-electron chi connectivity index (χ0n) is 13.9. The number of hydrogen-bond donors (Lipinski definition) is 1. The Morgan fingerprint density at radius 2 is 2.08 bits per heavy atom. The third kappa shape index (κ3) is 4.89. The van der Waals surface area contributed by atoms with Crippen LogP contribution < -0.4 is 5.32 Å². The molecule has 1 aliphatic rings. The van der Waals surface area contributed by atoms with Crippen molar-refractivity contribution in [3.05, 3.63) is 45.3 Å². The van der Waals surface area contributed by atoms with Crippen LogP contribution in [0.3, 0.4) is 0 Å². The summed E-state index contributed by atoms with van der Waals surface area (Å²) in [4.78, 5) is 16.6. The molecule has 25 heavy (non-hydrogen) atoms. The summed E-state index contributed by atoms with van der Waals surface area (Å²) < 4.78 is 0. The van der Waals surface area contributed by atoms with Gasteiger partial charge in [-0.2, -0.15) is 0 Å². The molecule has 3 rings (SSSR count). The highest BCUT2D eigenvalue weighted by Gasteiger charge is 2.25. The van der Waals surface area contributed by atoms with Crippen LogP contribution in [0, 0.1) is 5.92 Å². The molecule has 1 N–H and O–H groups in total. The molecule has 0 aliphatic carbocycles. The summed E-state index contributed by atoms with van der Waals surface area (Å²) in [5.74, 6) is 0.675. The van der Waals surface area contributed by atoms with Crippen molar-refractivity contribution in [3.63, 3.8) is 0 Å². The number of thiophene rings is 1. The number of rotatable bonds is 4. The van der Waals surface area contributed by atoms with Crippen LogP contribution >= 0.6 is 46.9 Å². The standard InChI is InChI=1S/C18H20Cl2N2OS.ClH/c1-21-10-12-3-2-8-22(11-12)18(23)17-7-6-16(24-17)13-4-5-14(19)15(20)9-13;/h4-7,9,12,21H,2-3,8,10-11H2,1H3;1H. The normalized spacial score (nSPS) is 17.2. The van der Waals surface area contributed by atoms with E-state index in [1.54, 1.807) is 6.07 Å². The number of halogens is 3. The van der Waals surface area contributed by atoms with Crippen molar-refractivity contribution in [1.29, 1.82) is 0 Å². The van der Waals surface area contributed by atoms with Crippen molar-refractivity contribution in [2.45, 2.75) is 12.8 Å². The molecule has 0 saturated carbocycles. The lowest BCUT2D eigenvalue weighted by Crippen LogP contribution is -2.42. The Kier molecular flexibility index (Phi) is 7.59. The van der Waals surface area contributed by atoms with Crippen LogP contribution in [-0.2, 0) is 0 Å². The van der Waals surface area contributed by atoms with Gasteiger partial charge in [-0.3, -0.25) is 4.79 Å². The fraction of sp³-hybridized carbons (Fsp3) is 0.389. The SMILES string of the molecule is CNCC1CCCN(C(=O)c2ccc(-c3ccc(Cl)c(Cl)c3)s2)C1.Cl. The van der Waals surface area contributed by atoms with E-state index in [1.165, 1.54) is 17.8 Å². The summed E-state index contributed by atoms with van der Waals surface area (Å²) in [7, 11) is 1.96. The molecule has 1 amide bonds. The van der Waals surface area contributed by atoms with Crippen LogP contribution in [0.2, 0.25) is 10.0 Å². The Morgan fingerprint density at radius 1 is 1.28 bits per heavy atom. The van der Waals surface area contributed by atoms with E-state index in [4.69, 9.17) is 23.2 Å². The van der Waals surface area contributed by atoms with Crippen LogP contribution in [0.15, 0.2) is 30.3 Å². The smallest absolute Gasteiger partial charge is 0.263 e. The highest BCUT2D eigenvalue weighted by atomic mass is 35.5. The lowest BCUT2D eigenvalue weighted by atomic mass is 9.98. The van der Waals surface area contributed by atoms with E-state index in [0.29, 0.717) is 16.0 Å². The van der Waals surface area contributed by atoms with Crippen molar-refractivity contribution in [2.75, 3.05) is 26.7 Å². The fourth-order valence-corrected chi connectivity index (χ4v) is 4.39. The molecule has 1 atom stereocenters. The third-order valence-electron chi connectivity index (χ3n) is 4.32. The molecule has 1 saturated heterocycles. The van der Waals surface area contributed by atoms with Gasteiger partial charge in [0.15, 0.2) is 0 Å². The first-order valence-electron chi connectivity index (χ1n) is 8.07. The van der Waals surface area contributed by atoms with Gasteiger partial charge in [-0.05, 0) is 62.2 Å². The Bertz CT molecular complexity index is 733. The fourth-order valence-electron chi connectivity index (χ4n) is 3.12. The van der Waals surface area contributed by atoms with E-state index in [-0.39, 0.29) is 18.3 Å². The Morgan fingerprint density at radius 3 is 2.80 bits per heavy atom. The molecule has 2 aromatic rings. The predicted octanol–water partition coefficient (Wildman–Crippen LogP) is 5.22. The van der Waals surface area contributed by atoms with Crippen LogP contribution in [0.1, 0.15) is 22.5 Å². The summed E-state index contributed by atoms with van der Waals surface area (Å²) in [6, 6.07) is 9.44. The van der Waals surface area contributed by atoms with E-state index in [2.05, 4.69) is 5.32 Å². The van der Waals surface area contributed by atoms with E-state index in [0.717, 1.165) is 41.4 Å². The molecule has 1 aromatic carbocycles. The van der Waals surface area contributed by atoms with Crippen molar-refractivity contribution >= 4 is 52.9 Å². The number of benzene rings is 1. The van der Waals surface area contributed by atoms with Gasteiger partial charge in [-0.25, -0.2) is 0 Å². The van der Waals surface area contributed by atoms with Crippen molar-refractivity contribution in [2.24, 2.45) is 5.92 Å². The maximum atomic E-state index is 12.8. The molecule has 1 unspecified atom stereocenters. The van der Waals surface area contributed by atoms with Gasteiger partial charge < -0.3 is 10.2 Å². The van der Waals surface area contributed by atoms with Gasteiger partial charge in [-0.1, -0.05) is 29.3 Å². The number of amides is 1. The zero-order valence-corrected chi connectivity index (χ0v) is 17.1. The first kappa shape index (κ1) is 20.5. The maximum Gasteiger partial charge on any atom is 0.263 e. The average Bonchev–Trinajstić information content (AvgIpc) is 3.07. The van der Waals surface area contributed by atoms with E-state index in [1.807, 2.05) is 36.2 Å². The Labute approximate surface area is 168 Å². The lowest BCUT2D eigenvalue weighted by molar-refractivity contribution is 0.0679. The van der Waals surface area contributed by atoms with Crippen LogP contribution in [0.25, 0.3) is 10.4 Å². The Balaban J connectivity index is 0.00000225. The number of hydrogen-bond acceptors (Lipinski definition) is 3. The quantitative estimate of drug-likeness (QED) is 0.737. The zero-order chi connectivity index (χ0) is 17.1. The molecule has 1 fully saturated rings. The Hall–Kier alpha value is -0.780. The minimum absolute atomic E-state index is 0. The highest BCUT2D eigenvalue weighted by molar-refractivity contribution is 7.17. The van der Waals surface area contributed by atoms with Gasteiger partial charge in [0.2, 0.25) is 0 Å². The van der Waals surface area contributed by atoms with Crippen LogP contribution in [0.5, 0.6) is 0 Å². The summed E-state index contributed by atoms with van der Waals surface area (Å²) in [5, 5.41) is 4.28. The number of carbonyl (C=O) groups excluding carboxylic acids is 1. The van der Waals surface area contributed by atoms with Crippen LogP contribution in [0.4, 0.5) is 0 Å². The number of nitrogens with zero attached hydrogens (tertiary/aromatic N) is 1. The largest absolute Gasteiger partial charge is 0.338 e. The first-order valence-corrected chi connectivity index (χ1v) is 9.65. The van der Waals surface area contributed by atoms with Gasteiger partial charge >= 0.3 is 0 Å². The van der Waals surface area contributed by atoms with Gasteiger partial charge in [0.25, 0.3) is 5.91 Å².